The molecule has 0 bridgehead atoms. The topological polar surface area (TPSA) is 9.23 Å². The lowest BCUT2D eigenvalue weighted by molar-refractivity contribution is 0.252. The largest absolute Gasteiger partial charge is 0.495 e. The molecular weight excluding hydrogens is 232 g/mol. The monoisotopic (exact) mass is 250 g/mol. The molecule has 1 nitrogen and oxygen atoms in total. The minimum Gasteiger partial charge on any atom is -0.495 e. The van der Waals surface area contributed by atoms with Crippen LogP contribution in [0.1, 0.15) is 49.7 Å². The standard InChI is InChI=1S/C15H19ClO/c1-15-8-3-4-12(15)10-5-6-13(17-2)14(16)11(10)7-9-15/h5-6,12H,3-4,7-9H2,1-2H3/t12-,15-/m1/s1. The Morgan fingerprint density at radius 3 is 2.94 bits per heavy atom. The van der Waals surface area contributed by atoms with Crippen LogP contribution in [0.3, 0.4) is 0 Å². The molecule has 2 heteroatoms. The Hall–Kier alpha value is -0.690. The van der Waals surface area contributed by atoms with E-state index < -0.39 is 0 Å². The number of rotatable bonds is 1. The van der Waals surface area contributed by atoms with Crippen molar-refractivity contribution in [2.24, 2.45) is 5.41 Å². The summed E-state index contributed by atoms with van der Waals surface area (Å²) in [6.45, 7) is 2.45. The number of hydrogen-bond acceptors (Lipinski definition) is 1. The van der Waals surface area contributed by atoms with Crippen molar-refractivity contribution in [1.82, 2.24) is 0 Å². The highest BCUT2D eigenvalue weighted by molar-refractivity contribution is 6.33. The molecule has 2 aliphatic carbocycles. The number of fused-ring (bicyclic) bond motifs is 3. The van der Waals surface area contributed by atoms with Gasteiger partial charge in [-0.3, -0.25) is 0 Å². The highest BCUT2D eigenvalue weighted by Crippen LogP contribution is 2.56. The number of benzene rings is 1. The van der Waals surface area contributed by atoms with Crippen molar-refractivity contribution < 1.29 is 4.74 Å². The minimum absolute atomic E-state index is 0.519. The predicted molar refractivity (Wildman–Crippen MR) is 71.0 cm³/mol. The average Bonchev–Trinajstić information content (AvgIpc) is 2.71. The van der Waals surface area contributed by atoms with E-state index in [2.05, 4.69) is 13.0 Å². The van der Waals surface area contributed by atoms with Crippen LogP contribution < -0.4 is 4.74 Å². The van der Waals surface area contributed by atoms with Crippen LogP contribution in [0, 0.1) is 5.41 Å². The fraction of sp³-hybridized carbons (Fsp3) is 0.600. The summed E-state index contributed by atoms with van der Waals surface area (Å²) in [5.74, 6) is 1.54. The number of methoxy groups -OCH3 is 1. The second-order valence-electron chi connectivity index (χ2n) is 5.75. The minimum atomic E-state index is 0.519. The molecular formula is C15H19ClO. The van der Waals surface area contributed by atoms with Crippen LogP contribution in [0.2, 0.25) is 5.02 Å². The Morgan fingerprint density at radius 2 is 2.18 bits per heavy atom. The molecule has 0 radical (unpaired) electrons. The van der Waals surface area contributed by atoms with E-state index in [1.165, 1.54) is 36.8 Å². The third-order valence-electron chi connectivity index (χ3n) is 4.87. The van der Waals surface area contributed by atoms with Crippen LogP contribution in [-0.4, -0.2) is 7.11 Å². The number of halogens is 1. The van der Waals surface area contributed by atoms with E-state index in [1.807, 2.05) is 6.07 Å². The van der Waals surface area contributed by atoms with Crippen molar-refractivity contribution in [2.75, 3.05) is 7.11 Å². The molecule has 1 aromatic rings. The Morgan fingerprint density at radius 1 is 1.35 bits per heavy atom. The molecule has 0 amide bonds. The SMILES string of the molecule is COc1ccc2c(c1Cl)CC[C@@]1(C)CCC[C@H]21. The van der Waals surface area contributed by atoms with Crippen molar-refractivity contribution in [2.45, 2.75) is 44.9 Å². The van der Waals surface area contributed by atoms with Gasteiger partial charge in [-0.15, -0.1) is 0 Å². The van der Waals surface area contributed by atoms with Crippen molar-refractivity contribution in [3.05, 3.63) is 28.3 Å². The lowest BCUT2D eigenvalue weighted by atomic mass is 9.67. The normalized spacial score (nSPS) is 30.9. The lowest BCUT2D eigenvalue weighted by Gasteiger charge is -2.38. The molecule has 17 heavy (non-hydrogen) atoms. The van der Waals surface area contributed by atoms with Crippen LogP contribution >= 0.6 is 11.6 Å². The molecule has 0 N–H and O–H groups in total. The van der Waals surface area contributed by atoms with Crippen LogP contribution in [0.15, 0.2) is 12.1 Å². The number of hydrogen-bond donors (Lipinski definition) is 0. The van der Waals surface area contributed by atoms with Crippen LogP contribution in [0.4, 0.5) is 0 Å². The molecule has 92 valence electrons. The van der Waals surface area contributed by atoms with E-state index in [1.54, 1.807) is 7.11 Å². The second-order valence-corrected chi connectivity index (χ2v) is 6.13. The maximum absolute atomic E-state index is 6.44. The lowest BCUT2D eigenvalue weighted by Crippen LogP contribution is -2.26. The summed E-state index contributed by atoms with van der Waals surface area (Å²) in [7, 11) is 1.69. The number of ether oxygens (including phenoxy) is 1. The van der Waals surface area contributed by atoms with Gasteiger partial charge in [0.2, 0.25) is 0 Å². The summed E-state index contributed by atoms with van der Waals surface area (Å²) in [5.41, 5.74) is 3.35. The van der Waals surface area contributed by atoms with Gasteiger partial charge in [-0.2, -0.15) is 0 Å². The summed E-state index contributed by atoms with van der Waals surface area (Å²) in [4.78, 5) is 0. The van der Waals surface area contributed by atoms with Gasteiger partial charge in [0.15, 0.2) is 0 Å². The average molecular weight is 251 g/mol. The van der Waals surface area contributed by atoms with E-state index in [-0.39, 0.29) is 0 Å². The van der Waals surface area contributed by atoms with Gasteiger partial charge >= 0.3 is 0 Å². The van der Waals surface area contributed by atoms with Gasteiger partial charge in [-0.05, 0) is 54.2 Å². The first kappa shape index (κ1) is 11.4. The van der Waals surface area contributed by atoms with Gasteiger partial charge in [0.25, 0.3) is 0 Å². The first-order valence-electron chi connectivity index (χ1n) is 6.51. The molecule has 1 fully saturated rings. The molecule has 0 heterocycles. The maximum Gasteiger partial charge on any atom is 0.137 e. The van der Waals surface area contributed by atoms with Gasteiger partial charge in [-0.25, -0.2) is 0 Å². The van der Waals surface area contributed by atoms with Crippen LogP contribution in [-0.2, 0) is 6.42 Å². The van der Waals surface area contributed by atoms with Crippen LogP contribution in [0.5, 0.6) is 5.75 Å². The van der Waals surface area contributed by atoms with Crippen molar-refractivity contribution in [3.8, 4) is 5.75 Å². The van der Waals surface area contributed by atoms with Gasteiger partial charge in [-0.1, -0.05) is 31.0 Å². The first-order valence-corrected chi connectivity index (χ1v) is 6.89. The zero-order chi connectivity index (χ0) is 12.0. The van der Waals surface area contributed by atoms with Gasteiger partial charge in [0, 0.05) is 0 Å². The van der Waals surface area contributed by atoms with Gasteiger partial charge in [0.1, 0.15) is 5.75 Å². The molecule has 2 atom stereocenters. The van der Waals surface area contributed by atoms with E-state index in [0.29, 0.717) is 5.41 Å². The van der Waals surface area contributed by atoms with E-state index in [9.17, 15) is 0 Å². The highest BCUT2D eigenvalue weighted by Gasteiger charge is 2.43. The molecule has 0 spiro atoms. The molecule has 1 aromatic carbocycles. The molecule has 0 unspecified atom stereocenters. The summed E-state index contributed by atoms with van der Waals surface area (Å²) >= 11 is 6.44. The van der Waals surface area contributed by atoms with E-state index in [4.69, 9.17) is 16.3 Å². The second kappa shape index (κ2) is 3.91. The molecule has 0 aromatic heterocycles. The van der Waals surface area contributed by atoms with Crippen molar-refractivity contribution in [3.63, 3.8) is 0 Å². The first-order chi connectivity index (χ1) is 8.15. The Bertz CT molecular complexity index is 454. The molecule has 1 saturated carbocycles. The summed E-state index contributed by atoms with van der Waals surface area (Å²) in [6.07, 6.45) is 6.45. The van der Waals surface area contributed by atoms with Gasteiger partial charge < -0.3 is 4.74 Å². The third kappa shape index (κ3) is 1.59. The maximum atomic E-state index is 6.44. The Labute approximate surface area is 108 Å². The molecule has 0 aliphatic heterocycles. The predicted octanol–water partition coefficient (Wildman–Crippen LogP) is 4.57. The van der Waals surface area contributed by atoms with Crippen molar-refractivity contribution in [1.29, 1.82) is 0 Å². The Balaban J connectivity index is 2.11. The van der Waals surface area contributed by atoms with Crippen LogP contribution in [0.25, 0.3) is 0 Å². The third-order valence-corrected chi connectivity index (χ3v) is 5.28. The fourth-order valence-corrected chi connectivity index (χ4v) is 4.17. The smallest absolute Gasteiger partial charge is 0.137 e. The highest BCUT2D eigenvalue weighted by atomic mass is 35.5. The summed E-state index contributed by atoms with van der Waals surface area (Å²) in [5, 5.41) is 0.846. The molecule has 0 saturated heterocycles. The fourth-order valence-electron chi connectivity index (χ4n) is 3.83. The van der Waals surface area contributed by atoms with Gasteiger partial charge in [0.05, 0.1) is 12.1 Å². The van der Waals surface area contributed by atoms with Crippen molar-refractivity contribution >= 4 is 11.6 Å². The summed E-state index contributed by atoms with van der Waals surface area (Å²) in [6, 6.07) is 4.28. The van der Waals surface area contributed by atoms with E-state index >= 15 is 0 Å². The molecule has 2 aliphatic rings. The Kier molecular flexibility index (Phi) is 2.62. The zero-order valence-electron chi connectivity index (χ0n) is 10.6. The van der Waals surface area contributed by atoms with E-state index in [0.717, 1.165) is 23.1 Å². The quantitative estimate of drug-likeness (QED) is 0.710. The zero-order valence-corrected chi connectivity index (χ0v) is 11.3. The molecule has 3 rings (SSSR count). The summed E-state index contributed by atoms with van der Waals surface area (Å²) < 4.78 is 5.32.